The molecular formula is C20H21N3O2. The Bertz CT molecular complexity index is 897. The van der Waals surface area contributed by atoms with E-state index in [0.29, 0.717) is 0 Å². The molecule has 128 valence electrons. The summed E-state index contributed by atoms with van der Waals surface area (Å²) in [5.41, 5.74) is 2.97. The molecule has 1 fully saturated rings. The maximum Gasteiger partial charge on any atom is 0.148 e. The molecule has 3 aromatic rings. The van der Waals surface area contributed by atoms with Gasteiger partial charge in [0.05, 0.1) is 37.5 Å². The monoisotopic (exact) mass is 335 g/mol. The lowest BCUT2D eigenvalue weighted by atomic mass is 10.0. The van der Waals surface area contributed by atoms with Gasteiger partial charge >= 0.3 is 0 Å². The number of fused-ring (bicyclic) bond motifs is 1. The van der Waals surface area contributed by atoms with E-state index >= 15 is 0 Å². The Morgan fingerprint density at radius 1 is 1.04 bits per heavy atom. The molecule has 1 saturated heterocycles. The van der Waals surface area contributed by atoms with Crippen LogP contribution in [0.4, 0.5) is 5.82 Å². The molecule has 2 heterocycles. The highest BCUT2D eigenvalue weighted by Crippen LogP contribution is 2.40. The van der Waals surface area contributed by atoms with Crippen molar-refractivity contribution in [3.8, 4) is 11.5 Å². The summed E-state index contributed by atoms with van der Waals surface area (Å²) in [7, 11) is 3.40. The van der Waals surface area contributed by atoms with Crippen molar-refractivity contribution in [2.45, 2.75) is 18.9 Å². The zero-order chi connectivity index (χ0) is 17.2. The summed E-state index contributed by atoms with van der Waals surface area (Å²) in [4.78, 5) is 11.7. The molecule has 1 aliphatic heterocycles. The second-order valence-corrected chi connectivity index (χ2v) is 6.18. The third kappa shape index (κ3) is 2.86. The van der Waals surface area contributed by atoms with Crippen LogP contribution in [0.3, 0.4) is 0 Å². The Hall–Kier alpha value is -2.82. The Labute approximate surface area is 147 Å². The van der Waals surface area contributed by atoms with Gasteiger partial charge < -0.3 is 14.4 Å². The Morgan fingerprint density at radius 3 is 2.68 bits per heavy atom. The van der Waals surface area contributed by atoms with E-state index in [2.05, 4.69) is 16.0 Å². The maximum absolute atomic E-state index is 5.59. The van der Waals surface area contributed by atoms with Crippen molar-refractivity contribution >= 4 is 16.9 Å². The summed E-state index contributed by atoms with van der Waals surface area (Å²) < 4.78 is 11.0. The molecular weight excluding hydrogens is 314 g/mol. The van der Waals surface area contributed by atoms with Crippen molar-refractivity contribution in [2.75, 3.05) is 25.7 Å². The van der Waals surface area contributed by atoms with Crippen LogP contribution in [-0.4, -0.2) is 30.7 Å². The molecule has 1 aliphatic rings. The zero-order valence-electron chi connectivity index (χ0n) is 14.5. The van der Waals surface area contributed by atoms with Gasteiger partial charge in [-0.15, -0.1) is 0 Å². The first-order valence-electron chi connectivity index (χ1n) is 8.50. The molecule has 2 aromatic carbocycles. The Balaban J connectivity index is 1.75. The number of hydrogen-bond acceptors (Lipinski definition) is 5. The normalized spacial score (nSPS) is 17.0. The molecule has 0 N–H and O–H groups in total. The molecule has 5 heteroatoms. The lowest BCUT2D eigenvalue weighted by Gasteiger charge is -2.27. The second kappa shape index (κ2) is 6.59. The molecule has 1 atom stereocenters. The van der Waals surface area contributed by atoms with E-state index in [1.165, 1.54) is 0 Å². The SMILES string of the molecule is COc1ccc(OC)c(C2CCCN2c2cnc3ccccc3n2)c1. The number of aromatic nitrogens is 2. The predicted octanol–water partition coefficient (Wildman–Crippen LogP) is 3.99. The average molecular weight is 335 g/mol. The van der Waals surface area contributed by atoms with Gasteiger partial charge in [0.1, 0.15) is 17.3 Å². The van der Waals surface area contributed by atoms with Crippen molar-refractivity contribution in [2.24, 2.45) is 0 Å². The van der Waals surface area contributed by atoms with Crippen molar-refractivity contribution in [1.82, 2.24) is 9.97 Å². The first-order chi connectivity index (χ1) is 12.3. The van der Waals surface area contributed by atoms with Crippen molar-refractivity contribution in [1.29, 1.82) is 0 Å². The van der Waals surface area contributed by atoms with E-state index < -0.39 is 0 Å². The van der Waals surface area contributed by atoms with Crippen molar-refractivity contribution in [3.63, 3.8) is 0 Å². The highest BCUT2D eigenvalue weighted by atomic mass is 16.5. The maximum atomic E-state index is 5.59. The van der Waals surface area contributed by atoms with Crippen LogP contribution in [-0.2, 0) is 0 Å². The summed E-state index contributed by atoms with van der Waals surface area (Å²) in [6.45, 7) is 0.956. The number of rotatable bonds is 4. The standard InChI is InChI=1S/C20H21N3O2/c1-24-14-9-10-19(25-2)15(12-14)18-8-5-11-23(18)20-13-21-16-6-3-4-7-17(16)22-20/h3-4,6-7,9-10,12-13,18H,5,8,11H2,1-2H3. The van der Waals surface area contributed by atoms with E-state index in [1.807, 2.05) is 42.6 Å². The zero-order valence-corrected chi connectivity index (χ0v) is 14.5. The van der Waals surface area contributed by atoms with Gasteiger partial charge in [0.15, 0.2) is 0 Å². The quantitative estimate of drug-likeness (QED) is 0.721. The second-order valence-electron chi connectivity index (χ2n) is 6.18. The van der Waals surface area contributed by atoms with Gasteiger partial charge in [-0.1, -0.05) is 12.1 Å². The van der Waals surface area contributed by atoms with Crippen LogP contribution in [0.1, 0.15) is 24.4 Å². The van der Waals surface area contributed by atoms with Gasteiger partial charge in [-0.05, 0) is 43.2 Å². The van der Waals surface area contributed by atoms with E-state index in [9.17, 15) is 0 Å². The van der Waals surface area contributed by atoms with Gasteiger partial charge in [0, 0.05) is 12.1 Å². The first-order valence-corrected chi connectivity index (χ1v) is 8.50. The summed E-state index contributed by atoms with van der Waals surface area (Å²) >= 11 is 0. The minimum absolute atomic E-state index is 0.209. The minimum Gasteiger partial charge on any atom is -0.497 e. The first kappa shape index (κ1) is 15.7. The van der Waals surface area contributed by atoms with Gasteiger partial charge in [0.2, 0.25) is 0 Å². The highest BCUT2D eigenvalue weighted by molar-refractivity contribution is 5.75. The summed E-state index contributed by atoms with van der Waals surface area (Å²) in [6.07, 6.45) is 4.03. The molecule has 0 amide bonds. The fourth-order valence-electron chi connectivity index (χ4n) is 3.55. The molecule has 0 aliphatic carbocycles. The molecule has 1 unspecified atom stereocenters. The third-order valence-electron chi connectivity index (χ3n) is 4.78. The Morgan fingerprint density at radius 2 is 1.88 bits per heavy atom. The predicted molar refractivity (Wildman–Crippen MR) is 98.4 cm³/mol. The molecule has 5 nitrogen and oxygen atoms in total. The van der Waals surface area contributed by atoms with Crippen molar-refractivity contribution in [3.05, 3.63) is 54.2 Å². The van der Waals surface area contributed by atoms with Gasteiger partial charge in [-0.25, -0.2) is 4.98 Å². The highest BCUT2D eigenvalue weighted by Gasteiger charge is 2.30. The van der Waals surface area contributed by atoms with Gasteiger partial charge in [0.25, 0.3) is 0 Å². The molecule has 4 rings (SSSR count). The Kier molecular flexibility index (Phi) is 4.14. The van der Waals surface area contributed by atoms with Crippen molar-refractivity contribution < 1.29 is 9.47 Å². The van der Waals surface area contributed by atoms with E-state index in [0.717, 1.165) is 53.3 Å². The summed E-state index contributed by atoms with van der Waals surface area (Å²) in [5, 5.41) is 0. The molecule has 25 heavy (non-hydrogen) atoms. The smallest absolute Gasteiger partial charge is 0.148 e. The van der Waals surface area contributed by atoms with E-state index in [1.54, 1.807) is 14.2 Å². The van der Waals surface area contributed by atoms with Gasteiger partial charge in [-0.3, -0.25) is 4.98 Å². The molecule has 0 bridgehead atoms. The topological polar surface area (TPSA) is 47.5 Å². The van der Waals surface area contributed by atoms with Crippen LogP contribution in [0.2, 0.25) is 0 Å². The third-order valence-corrected chi connectivity index (χ3v) is 4.78. The van der Waals surface area contributed by atoms with E-state index in [-0.39, 0.29) is 6.04 Å². The number of para-hydroxylation sites is 2. The number of anilines is 1. The number of nitrogens with zero attached hydrogens (tertiary/aromatic N) is 3. The molecule has 0 spiro atoms. The van der Waals surface area contributed by atoms with Gasteiger partial charge in [-0.2, -0.15) is 0 Å². The van der Waals surface area contributed by atoms with Crippen LogP contribution >= 0.6 is 0 Å². The van der Waals surface area contributed by atoms with Crippen LogP contribution in [0.15, 0.2) is 48.7 Å². The molecule has 0 saturated carbocycles. The number of benzene rings is 2. The fraction of sp³-hybridized carbons (Fsp3) is 0.300. The summed E-state index contributed by atoms with van der Waals surface area (Å²) in [6, 6.07) is 14.1. The van der Waals surface area contributed by atoms with Crippen LogP contribution in [0.5, 0.6) is 11.5 Å². The number of methoxy groups -OCH3 is 2. The van der Waals surface area contributed by atoms with Crippen LogP contribution in [0, 0.1) is 0 Å². The lowest BCUT2D eigenvalue weighted by molar-refractivity contribution is 0.395. The van der Waals surface area contributed by atoms with E-state index in [4.69, 9.17) is 14.5 Å². The number of ether oxygens (including phenoxy) is 2. The fourth-order valence-corrected chi connectivity index (χ4v) is 3.55. The van der Waals surface area contributed by atoms with Crippen LogP contribution < -0.4 is 14.4 Å². The molecule has 0 radical (unpaired) electrons. The average Bonchev–Trinajstić information content (AvgIpc) is 3.16. The van der Waals surface area contributed by atoms with Crippen LogP contribution in [0.25, 0.3) is 11.0 Å². The molecule has 1 aromatic heterocycles. The largest absolute Gasteiger partial charge is 0.497 e. The minimum atomic E-state index is 0.209. The lowest BCUT2D eigenvalue weighted by Crippen LogP contribution is -2.24. The number of hydrogen-bond donors (Lipinski definition) is 0. The summed E-state index contributed by atoms with van der Waals surface area (Å²) in [5.74, 6) is 2.63.